The first-order valence-electron chi connectivity index (χ1n) is 9.61. The van der Waals surface area contributed by atoms with Gasteiger partial charge in [-0.2, -0.15) is 8.78 Å². The molecule has 1 heterocycles. The van der Waals surface area contributed by atoms with Gasteiger partial charge in [-0.15, -0.1) is 0 Å². The van der Waals surface area contributed by atoms with E-state index in [9.17, 15) is 18.4 Å². The number of halogens is 2. The smallest absolute Gasteiger partial charge is 0.387 e. The standard InChI is InChI=1S/C22H24F2N2O4/c1-15(27)26-12-10-22(11-13-26,16-6-4-3-5-7-16)20(28)25-17-8-9-18(29-2)19(14-17)30-21(23)24/h3-9,14,21H,10-13H2,1-2H3,(H,25,28). The number of rotatable bonds is 6. The molecular formula is C22H24F2N2O4. The highest BCUT2D eigenvalue weighted by Crippen LogP contribution is 2.38. The van der Waals surface area contributed by atoms with Gasteiger partial charge in [0, 0.05) is 31.8 Å². The van der Waals surface area contributed by atoms with Crippen LogP contribution >= 0.6 is 0 Å². The Balaban J connectivity index is 1.89. The van der Waals surface area contributed by atoms with Gasteiger partial charge in [0.2, 0.25) is 11.8 Å². The molecule has 2 amide bonds. The van der Waals surface area contributed by atoms with E-state index in [4.69, 9.17) is 4.74 Å². The summed E-state index contributed by atoms with van der Waals surface area (Å²) < 4.78 is 35.0. The Morgan fingerprint density at radius 2 is 1.73 bits per heavy atom. The molecular weight excluding hydrogens is 394 g/mol. The van der Waals surface area contributed by atoms with E-state index < -0.39 is 12.0 Å². The second-order valence-corrected chi connectivity index (χ2v) is 7.15. The van der Waals surface area contributed by atoms with E-state index in [1.165, 1.54) is 26.2 Å². The number of alkyl halides is 2. The molecule has 2 aromatic carbocycles. The number of amides is 2. The Bertz CT molecular complexity index is 897. The molecule has 160 valence electrons. The first kappa shape index (κ1) is 21.5. The third-order valence-corrected chi connectivity index (χ3v) is 5.46. The molecule has 1 N–H and O–H groups in total. The lowest BCUT2D eigenvalue weighted by Crippen LogP contribution is -2.50. The summed E-state index contributed by atoms with van der Waals surface area (Å²) >= 11 is 0. The molecule has 3 rings (SSSR count). The van der Waals surface area contributed by atoms with Crippen molar-refractivity contribution in [3.63, 3.8) is 0 Å². The van der Waals surface area contributed by atoms with Crippen molar-refractivity contribution in [2.24, 2.45) is 0 Å². The summed E-state index contributed by atoms with van der Waals surface area (Å²) in [7, 11) is 1.35. The molecule has 0 unspecified atom stereocenters. The summed E-state index contributed by atoms with van der Waals surface area (Å²) in [6.07, 6.45) is 0.915. The lowest BCUT2D eigenvalue weighted by molar-refractivity contribution is -0.133. The van der Waals surface area contributed by atoms with Crippen molar-refractivity contribution < 1.29 is 27.8 Å². The van der Waals surface area contributed by atoms with Crippen LogP contribution in [0.15, 0.2) is 48.5 Å². The molecule has 1 aliphatic heterocycles. The van der Waals surface area contributed by atoms with E-state index in [0.717, 1.165) is 5.56 Å². The van der Waals surface area contributed by atoms with E-state index in [1.807, 2.05) is 30.3 Å². The fraction of sp³-hybridized carbons (Fsp3) is 0.364. The van der Waals surface area contributed by atoms with Crippen LogP contribution in [0.5, 0.6) is 11.5 Å². The number of ether oxygens (including phenoxy) is 2. The second-order valence-electron chi connectivity index (χ2n) is 7.15. The molecule has 0 aromatic heterocycles. The Morgan fingerprint density at radius 3 is 2.30 bits per heavy atom. The summed E-state index contributed by atoms with van der Waals surface area (Å²) in [5.41, 5.74) is 0.334. The normalized spacial score (nSPS) is 15.6. The summed E-state index contributed by atoms with van der Waals surface area (Å²) in [4.78, 5) is 26.9. The minimum atomic E-state index is -3.02. The fourth-order valence-corrected chi connectivity index (χ4v) is 3.80. The molecule has 0 saturated carbocycles. The highest BCUT2D eigenvalue weighted by molar-refractivity contribution is 5.99. The van der Waals surface area contributed by atoms with E-state index in [2.05, 4.69) is 10.1 Å². The average Bonchev–Trinajstić information content (AvgIpc) is 2.74. The molecule has 2 aromatic rings. The van der Waals surface area contributed by atoms with Gasteiger partial charge in [0.25, 0.3) is 0 Å². The van der Waals surface area contributed by atoms with Gasteiger partial charge in [-0.3, -0.25) is 9.59 Å². The number of piperidine rings is 1. The van der Waals surface area contributed by atoms with E-state index in [0.29, 0.717) is 31.6 Å². The van der Waals surface area contributed by atoms with Crippen molar-refractivity contribution in [3.05, 3.63) is 54.1 Å². The monoisotopic (exact) mass is 418 g/mol. The quantitative estimate of drug-likeness (QED) is 0.775. The summed E-state index contributed by atoms with van der Waals surface area (Å²) in [5.74, 6) is -0.308. The third kappa shape index (κ3) is 4.53. The van der Waals surface area contributed by atoms with Gasteiger partial charge in [-0.1, -0.05) is 30.3 Å². The van der Waals surface area contributed by atoms with Crippen molar-refractivity contribution >= 4 is 17.5 Å². The van der Waals surface area contributed by atoms with E-state index in [1.54, 1.807) is 11.0 Å². The Morgan fingerprint density at radius 1 is 1.07 bits per heavy atom. The zero-order valence-electron chi connectivity index (χ0n) is 16.9. The zero-order valence-corrected chi connectivity index (χ0v) is 16.9. The van der Waals surface area contributed by atoms with Crippen LogP contribution in [0, 0.1) is 0 Å². The second kappa shape index (κ2) is 9.11. The zero-order chi connectivity index (χ0) is 21.7. The van der Waals surface area contributed by atoms with Crippen molar-refractivity contribution in [2.75, 3.05) is 25.5 Å². The van der Waals surface area contributed by atoms with Crippen LogP contribution in [0.25, 0.3) is 0 Å². The van der Waals surface area contributed by atoms with Crippen molar-refractivity contribution in [3.8, 4) is 11.5 Å². The van der Waals surface area contributed by atoms with Gasteiger partial charge in [0.1, 0.15) is 0 Å². The number of nitrogens with one attached hydrogen (secondary N) is 1. The maximum absolute atomic E-state index is 13.4. The van der Waals surface area contributed by atoms with Gasteiger partial charge in [0.15, 0.2) is 11.5 Å². The van der Waals surface area contributed by atoms with Gasteiger partial charge < -0.3 is 19.7 Å². The minimum Gasteiger partial charge on any atom is -0.493 e. The SMILES string of the molecule is COc1ccc(NC(=O)C2(c3ccccc3)CCN(C(C)=O)CC2)cc1OC(F)F. The molecule has 30 heavy (non-hydrogen) atoms. The first-order chi connectivity index (χ1) is 14.4. The number of carbonyl (C=O) groups excluding carboxylic acids is 2. The van der Waals surface area contributed by atoms with Gasteiger partial charge >= 0.3 is 6.61 Å². The molecule has 6 nitrogen and oxygen atoms in total. The predicted octanol–water partition coefficient (Wildman–Crippen LogP) is 3.82. The van der Waals surface area contributed by atoms with Crippen LogP contribution < -0.4 is 14.8 Å². The highest BCUT2D eigenvalue weighted by atomic mass is 19.3. The molecule has 0 bridgehead atoms. The number of nitrogens with zero attached hydrogens (tertiary/aromatic N) is 1. The molecule has 0 radical (unpaired) electrons. The molecule has 0 aliphatic carbocycles. The van der Waals surface area contributed by atoms with E-state index >= 15 is 0 Å². The molecule has 1 fully saturated rings. The maximum atomic E-state index is 13.4. The van der Waals surface area contributed by atoms with Crippen molar-refractivity contribution in [1.29, 1.82) is 0 Å². The van der Waals surface area contributed by atoms with Crippen LogP contribution in [0.2, 0.25) is 0 Å². The summed E-state index contributed by atoms with van der Waals surface area (Å²) in [6, 6.07) is 13.7. The van der Waals surface area contributed by atoms with Crippen LogP contribution in [-0.4, -0.2) is 43.5 Å². The van der Waals surface area contributed by atoms with Crippen LogP contribution in [0.1, 0.15) is 25.3 Å². The number of carbonyl (C=O) groups is 2. The van der Waals surface area contributed by atoms with Crippen LogP contribution in [-0.2, 0) is 15.0 Å². The largest absolute Gasteiger partial charge is 0.493 e. The summed E-state index contributed by atoms with van der Waals surface area (Å²) in [6.45, 7) is -0.589. The Labute approximate surface area is 173 Å². The van der Waals surface area contributed by atoms with Crippen LogP contribution in [0.4, 0.5) is 14.5 Å². The topological polar surface area (TPSA) is 67.9 Å². The van der Waals surface area contributed by atoms with E-state index in [-0.39, 0.29) is 23.3 Å². The Hall–Kier alpha value is -3.16. The number of hydrogen-bond donors (Lipinski definition) is 1. The minimum absolute atomic E-state index is 0.0268. The fourth-order valence-electron chi connectivity index (χ4n) is 3.80. The first-order valence-corrected chi connectivity index (χ1v) is 9.61. The number of anilines is 1. The van der Waals surface area contributed by atoms with Gasteiger partial charge in [-0.25, -0.2) is 0 Å². The molecule has 1 saturated heterocycles. The predicted molar refractivity (Wildman–Crippen MR) is 108 cm³/mol. The lowest BCUT2D eigenvalue weighted by Gasteiger charge is -2.40. The maximum Gasteiger partial charge on any atom is 0.387 e. The number of benzene rings is 2. The van der Waals surface area contributed by atoms with Crippen LogP contribution in [0.3, 0.4) is 0 Å². The Kier molecular flexibility index (Phi) is 6.54. The molecule has 0 spiro atoms. The average molecular weight is 418 g/mol. The van der Waals surface area contributed by atoms with Crippen molar-refractivity contribution in [1.82, 2.24) is 4.90 Å². The lowest BCUT2D eigenvalue weighted by atomic mass is 9.72. The number of hydrogen-bond acceptors (Lipinski definition) is 4. The molecule has 0 atom stereocenters. The number of likely N-dealkylation sites (tertiary alicyclic amines) is 1. The van der Waals surface area contributed by atoms with Gasteiger partial charge in [-0.05, 0) is 30.5 Å². The van der Waals surface area contributed by atoms with Gasteiger partial charge in [0.05, 0.1) is 12.5 Å². The molecule has 8 heteroatoms. The molecule has 1 aliphatic rings. The highest BCUT2D eigenvalue weighted by Gasteiger charge is 2.43. The third-order valence-electron chi connectivity index (χ3n) is 5.46. The van der Waals surface area contributed by atoms with Crippen molar-refractivity contribution in [2.45, 2.75) is 31.8 Å². The number of methoxy groups -OCH3 is 1. The summed E-state index contributed by atoms with van der Waals surface area (Å²) in [5, 5.41) is 2.84.